The van der Waals surface area contributed by atoms with Gasteiger partial charge in [-0.2, -0.15) is 0 Å². The van der Waals surface area contributed by atoms with Gasteiger partial charge in [-0.3, -0.25) is 0 Å². The highest BCUT2D eigenvalue weighted by Crippen LogP contribution is 2.26. The number of carbonyl (C=O) groups excluding carboxylic acids is 1. The Hall–Kier alpha value is -2.26. The monoisotopic (exact) mass is 328 g/mol. The van der Waals surface area contributed by atoms with E-state index in [0.717, 1.165) is 23.2 Å². The van der Waals surface area contributed by atoms with Gasteiger partial charge in [0.1, 0.15) is 0 Å². The molecule has 0 aromatic heterocycles. The van der Waals surface area contributed by atoms with Crippen LogP contribution in [-0.2, 0) is 0 Å². The van der Waals surface area contributed by atoms with Crippen molar-refractivity contribution >= 4 is 29.4 Å². The van der Waals surface area contributed by atoms with Gasteiger partial charge in [0, 0.05) is 16.9 Å². The molecule has 2 aromatic carbocycles. The van der Waals surface area contributed by atoms with E-state index in [1.165, 1.54) is 0 Å². The Labute approximate surface area is 142 Å². The van der Waals surface area contributed by atoms with E-state index in [0.29, 0.717) is 10.9 Å². The zero-order chi connectivity index (χ0) is 16.7. The molecule has 2 rings (SSSR count). The van der Waals surface area contributed by atoms with Gasteiger partial charge in [0.25, 0.3) is 0 Å². The highest BCUT2D eigenvalue weighted by molar-refractivity contribution is 6.32. The minimum absolute atomic E-state index is 0.274. The number of urea groups is 1. The predicted octanol–water partition coefficient (Wildman–Crippen LogP) is 5.65. The zero-order valence-corrected chi connectivity index (χ0v) is 14.1. The molecule has 0 aliphatic carbocycles. The van der Waals surface area contributed by atoms with Gasteiger partial charge in [-0.05, 0) is 41.7 Å². The summed E-state index contributed by atoms with van der Waals surface area (Å²) in [6, 6.07) is 15.1. The van der Waals surface area contributed by atoms with Crippen molar-refractivity contribution in [3.8, 4) is 0 Å². The van der Waals surface area contributed by atoms with Gasteiger partial charge in [-0.25, -0.2) is 4.79 Å². The molecular formula is C19H21ClN2O. The molecule has 2 amide bonds. The maximum Gasteiger partial charge on any atom is 0.323 e. The Morgan fingerprint density at radius 2 is 1.87 bits per heavy atom. The number of para-hydroxylation sites is 1. The van der Waals surface area contributed by atoms with Gasteiger partial charge in [0.2, 0.25) is 0 Å². The lowest BCUT2D eigenvalue weighted by molar-refractivity contribution is 0.255. The number of benzene rings is 2. The van der Waals surface area contributed by atoms with Crippen LogP contribution in [0.15, 0.2) is 54.7 Å². The van der Waals surface area contributed by atoms with Crippen molar-refractivity contribution in [2.45, 2.75) is 26.2 Å². The van der Waals surface area contributed by atoms with Crippen molar-refractivity contribution in [1.29, 1.82) is 0 Å². The largest absolute Gasteiger partial charge is 0.323 e. The molecule has 0 saturated carbocycles. The van der Waals surface area contributed by atoms with Crippen LogP contribution < -0.4 is 10.6 Å². The molecule has 4 heteroatoms. The van der Waals surface area contributed by atoms with Crippen LogP contribution in [0.2, 0.25) is 5.02 Å². The molecule has 0 radical (unpaired) electrons. The molecule has 0 aliphatic heterocycles. The van der Waals surface area contributed by atoms with Crippen molar-refractivity contribution in [3.05, 3.63) is 70.9 Å². The summed E-state index contributed by atoms with van der Waals surface area (Å²) in [6.45, 7) is 4.28. The van der Waals surface area contributed by atoms with E-state index in [1.54, 1.807) is 12.3 Å². The summed E-state index contributed by atoms with van der Waals surface area (Å²) >= 11 is 6.06. The molecular weight excluding hydrogens is 308 g/mol. The number of halogens is 1. The maximum atomic E-state index is 12.0. The van der Waals surface area contributed by atoms with E-state index < -0.39 is 0 Å². The van der Waals surface area contributed by atoms with Crippen LogP contribution in [0.1, 0.15) is 37.3 Å². The molecule has 0 aliphatic rings. The van der Waals surface area contributed by atoms with Crippen LogP contribution in [0.5, 0.6) is 0 Å². The fraction of sp³-hybridized carbons (Fsp3) is 0.211. The fourth-order valence-corrected chi connectivity index (χ4v) is 2.44. The van der Waals surface area contributed by atoms with Gasteiger partial charge in [0.05, 0.1) is 0 Å². The lowest BCUT2D eigenvalue weighted by Crippen LogP contribution is -2.24. The summed E-state index contributed by atoms with van der Waals surface area (Å²) in [4.78, 5) is 12.0. The number of hydrogen-bond donors (Lipinski definition) is 2. The van der Waals surface area contributed by atoms with Crippen molar-refractivity contribution in [3.63, 3.8) is 0 Å². The van der Waals surface area contributed by atoms with Crippen molar-refractivity contribution in [2.24, 2.45) is 0 Å². The first-order valence-corrected chi connectivity index (χ1v) is 8.07. The number of hydrogen-bond acceptors (Lipinski definition) is 1. The lowest BCUT2D eigenvalue weighted by atomic mass is 9.97. The van der Waals surface area contributed by atoms with Crippen LogP contribution in [0, 0.1) is 0 Å². The number of rotatable bonds is 5. The Bertz CT molecular complexity index is 697. The second-order valence-corrected chi connectivity index (χ2v) is 5.76. The normalized spacial score (nSPS) is 12.1. The molecule has 23 heavy (non-hydrogen) atoms. The van der Waals surface area contributed by atoms with Crippen LogP contribution >= 0.6 is 11.6 Å². The highest BCUT2D eigenvalue weighted by Gasteiger charge is 2.10. The van der Waals surface area contributed by atoms with Gasteiger partial charge in [-0.1, -0.05) is 61.8 Å². The molecule has 0 heterocycles. The number of anilines is 1. The van der Waals surface area contributed by atoms with E-state index in [4.69, 9.17) is 11.6 Å². The molecule has 0 saturated heterocycles. The molecule has 2 N–H and O–H groups in total. The van der Waals surface area contributed by atoms with Gasteiger partial charge in [0.15, 0.2) is 0 Å². The lowest BCUT2D eigenvalue weighted by Gasteiger charge is -2.15. The standard InChI is InChI=1S/C19H21ClN2O/c1-3-14(2)16-9-5-7-11-18(16)22-19(23)21-13-12-15-8-4-6-10-17(15)20/h4-14H,3H2,1-2H3,(H2,21,22,23)/b13-12+. The van der Waals surface area contributed by atoms with Gasteiger partial charge < -0.3 is 10.6 Å². The Morgan fingerprint density at radius 1 is 1.17 bits per heavy atom. The molecule has 3 nitrogen and oxygen atoms in total. The van der Waals surface area contributed by atoms with E-state index in [1.807, 2.05) is 48.5 Å². The second kappa shape index (κ2) is 8.39. The van der Waals surface area contributed by atoms with Gasteiger partial charge in [-0.15, -0.1) is 0 Å². The third-order valence-electron chi connectivity index (χ3n) is 3.73. The number of carbonyl (C=O) groups is 1. The number of nitrogens with one attached hydrogen (secondary N) is 2. The molecule has 1 unspecified atom stereocenters. The summed E-state index contributed by atoms with van der Waals surface area (Å²) in [5.41, 5.74) is 2.83. The zero-order valence-electron chi connectivity index (χ0n) is 13.3. The highest BCUT2D eigenvalue weighted by atomic mass is 35.5. The first-order valence-electron chi connectivity index (χ1n) is 7.69. The third kappa shape index (κ3) is 4.86. The smallest absolute Gasteiger partial charge is 0.314 e. The fourth-order valence-electron chi connectivity index (χ4n) is 2.24. The van der Waals surface area contributed by atoms with Crippen LogP contribution in [-0.4, -0.2) is 6.03 Å². The molecule has 120 valence electrons. The quantitative estimate of drug-likeness (QED) is 0.732. The molecule has 1 atom stereocenters. The Balaban J connectivity index is 1.99. The molecule has 0 bridgehead atoms. The first kappa shape index (κ1) is 17.1. The van der Waals surface area contributed by atoms with Crippen LogP contribution in [0.25, 0.3) is 6.08 Å². The van der Waals surface area contributed by atoms with E-state index in [2.05, 4.69) is 24.5 Å². The van der Waals surface area contributed by atoms with Crippen molar-refractivity contribution in [2.75, 3.05) is 5.32 Å². The topological polar surface area (TPSA) is 41.1 Å². The predicted molar refractivity (Wildman–Crippen MR) is 97.8 cm³/mol. The minimum atomic E-state index is -0.274. The molecule has 0 fully saturated rings. The van der Waals surface area contributed by atoms with Crippen molar-refractivity contribution in [1.82, 2.24) is 5.32 Å². The van der Waals surface area contributed by atoms with E-state index >= 15 is 0 Å². The SMILES string of the molecule is CCC(C)c1ccccc1NC(=O)N/C=C/c1ccccc1Cl. The summed E-state index contributed by atoms with van der Waals surface area (Å²) in [5.74, 6) is 0.394. The second-order valence-electron chi connectivity index (χ2n) is 5.35. The van der Waals surface area contributed by atoms with Crippen LogP contribution in [0.3, 0.4) is 0 Å². The average Bonchev–Trinajstić information content (AvgIpc) is 2.56. The maximum absolute atomic E-state index is 12.0. The van der Waals surface area contributed by atoms with Crippen LogP contribution in [0.4, 0.5) is 10.5 Å². The summed E-state index contributed by atoms with van der Waals surface area (Å²) in [6.07, 6.45) is 4.37. The minimum Gasteiger partial charge on any atom is -0.314 e. The van der Waals surface area contributed by atoms with Crippen molar-refractivity contribution < 1.29 is 4.79 Å². The number of amides is 2. The molecule has 0 spiro atoms. The summed E-state index contributed by atoms with van der Waals surface area (Å²) < 4.78 is 0. The third-order valence-corrected chi connectivity index (χ3v) is 4.08. The van der Waals surface area contributed by atoms with E-state index in [-0.39, 0.29) is 6.03 Å². The summed E-state index contributed by atoms with van der Waals surface area (Å²) in [5, 5.41) is 6.24. The molecule has 2 aromatic rings. The Kier molecular flexibility index (Phi) is 6.24. The summed E-state index contributed by atoms with van der Waals surface area (Å²) in [7, 11) is 0. The average molecular weight is 329 g/mol. The van der Waals surface area contributed by atoms with Gasteiger partial charge >= 0.3 is 6.03 Å². The Morgan fingerprint density at radius 3 is 2.61 bits per heavy atom. The van der Waals surface area contributed by atoms with E-state index in [9.17, 15) is 4.79 Å². The first-order chi connectivity index (χ1) is 11.1.